The predicted octanol–water partition coefficient (Wildman–Crippen LogP) is 5.62. The molecule has 0 bridgehead atoms. The van der Waals surface area contributed by atoms with Crippen LogP contribution in [0.2, 0.25) is 0 Å². The monoisotopic (exact) mass is 418 g/mol. The minimum absolute atomic E-state index is 0.0724. The van der Waals surface area contributed by atoms with Gasteiger partial charge in [-0.2, -0.15) is 0 Å². The number of aliphatic hydroxyl groups is 3. The van der Waals surface area contributed by atoms with E-state index in [-0.39, 0.29) is 6.61 Å². The Hall–Kier alpha value is -0.380. The van der Waals surface area contributed by atoms with Crippen LogP contribution in [0.15, 0.2) is 11.6 Å². The maximum Gasteiger partial charge on any atom is 0.0657 e. The van der Waals surface area contributed by atoms with Crippen molar-refractivity contribution in [2.24, 2.45) is 34.5 Å². The van der Waals surface area contributed by atoms with Crippen molar-refractivity contribution in [2.75, 3.05) is 6.61 Å². The first-order valence-electron chi connectivity index (χ1n) is 12.8. The van der Waals surface area contributed by atoms with Gasteiger partial charge in [-0.25, -0.2) is 0 Å². The Bertz CT molecular complexity index is 665. The van der Waals surface area contributed by atoms with Gasteiger partial charge in [0.05, 0.1) is 11.2 Å². The molecule has 0 aromatic heterocycles. The standard InChI is InChI=1S/C27H46O3/c1-24(29,16-17-28)12-5-6-19-8-10-22-21-9-7-20-18-25(2,30)14-15-27(20,4)23(21)11-13-26(19,22)3/h7,19,21-23,28-30H,5-6,8-18H2,1-4H3. The van der Waals surface area contributed by atoms with Gasteiger partial charge in [-0.1, -0.05) is 31.9 Å². The van der Waals surface area contributed by atoms with E-state index in [4.69, 9.17) is 0 Å². The van der Waals surface area contributed by atoms with E-state index in [9.17, 15) is 15.3 Å². The summed E-state index contributed by atoms with van der Waals surface area (Å²) >= 11 is 0. The molecule has 30 heavy (non-hydrogen) atoms. The summed E-state index contributed by atoms with van der Waals surface area (Å²) in [4.78, 5) is 0. The number of hydrogen-bond donors (Lipinski definition) is 3. The van der Waals surface area contributed by atoms with Crippen molar-refractivity contribution in [3.63, 3.8) is 0 Å². The molecule has 172 valence electrons. The second-order valence-electron chi connectivity index (χ2n) is 12.6. The molecule has 0 saturated heterocycles. The number of rotatable bonds is 6. The van der Waals surface area contributed by atoms with E-state index in [2.05, 4.69) is 19.9 Å². The summed E-state index contributed by atoms with van der Waals surface area (Å²) < 4.78 is 0. The highest BCUT2D eigenvalue weighted by Gasteiger charge is 2.58. The molecule has 3 saturated carbocycles. The summed E-state index contributed by atoms with van der Waals surface area (Å²) in [5.41, 5.74) is 1.12. The highest BCUT2D eigenvalue weighted by Crippen LogP contribution is 2.67. The molecule has 3 fully saturated rings. The molecule has 0 heterocycles. The molecule has 0 aromatic carbocycles. The van der Waals surface area contributed by atoms with Crippen LogP contribution < -0.4 is 0 Å². The molecule has 8 atom stereocenters. The van der Waals surface area contributed by atoms with Crippen molar-refractivity contribution < 1.29 is 15.3 Å². The van der Waals surface area contributed by atoms with Crippen LogP contribution in [0.25, 0.3) is 0 Å². The van der Waals surface area contributed by atoms with Crippen LogP contribution >= 0.6 is 0 Å². The van der Waals surface area contributed by atoms with Crippen LogP contribution in [0.1, 0.15) is 105 Å². The van der Waals surface area contributed by atoms with Gasteiger partial charge in [0.2, 0.25) is 0 Å². The number of hydrogen-bond acceptors (Lipinski definition) is 3. The summed E-state index contributed by atoms with van der Waals surface area (Å²) in [5.74, 6) is 3.26. The predicted molar refractivity (Wildman–Crippen MR) is 122 cm³/mol. The zero-order chi connectivity index (χ0) is 21.8. The fourth-order valence-electron chi connectivity index (χ4n) is 8.48. The zero-order valence-electron chi connectivity index (χ0n) is 19.9. The van der Waals surface area contributed by atoms with Gasteiger partial charge in [-0.3, -0.25) is 0 Å². The molecular formula is C27H46O3. The van der Waals surface area contributed by atoms with Crippen LogP contribution in [-0.4, -0.2) is 33.1 Å². The summed E-state index contributed by atoms with van der Waals surface area (Å²) in [6.45, 7) is 9.08. The van der Waals surface area contributed by atoms with Gasteiger partial charge >= 0.3 is 0 Å². The van der Waals surface area contributed by atoms with E-state index in [0.29, 0.717) is 17.3 Å². The molecule has 0 radical (unpaired) electrons. The second kappa shape index (κ2) is 7.89. The molecule has 0 aromatic rings. The Balaban J connectivity index is 1.44. The fourth-order valence-corrected chi connectivity index (χ4v) is 8.48. The van der Waals surface area contributed by atoms with Crippen LogP contribution in [0.4, 0.5) is 0 Å². The van der Waals surface area contributed by atoms with Gasteiger partial charge < -0.3 is 15.3 Å². The van der Waals surface area contributed by atoms with Gasteiger partial charge in [0, 0.05) is 6.61 Å². The third-order valence-electron chi connectivity index (χ3n) is 10.5. The second-order valence-corrected chi connectivity index (χ2v) is 12.6. The lowest BCUT2D eigenvalue weighted by Crippen LogP contribution is -2.51. The topological polar surface area (TPSA) is 60.7 Å². The van der Waals surface area contributed by atoms with Crippen LogP contribution in [0, 0.1) is 34.5 Å². The van der Waals surface area contributed by atoms with E-state index in [1.54, 1.807) is 5.57 Å². The Morgan fingerprint density at radius 2 is 1.80 bits per heavy atom. The summed E-state index contributed by atoms with van der Waals surface area (Å²) in [6.07, 6.45) is 15.8. The van der Waals surface area contributed by atoms with E-state index >= 15 is 0 Å². The maximum atomic E-state index is 10.7. The van der Waals surface area contributed by atoms with Crippen molar-refractivity contribution in [2.45, 2.75) is 116 Å². The molecule has 4 aliphatic carbocycles. The summed E-state index contributed by atoms with van der Waals surface area (Å²) in [6, 6.07) is 0. The van der Waals surface area contributed by atoms with E-state index < -0.39 is 11.2 Å². The quantitative estimate of drug-likeness (QED) is 0.491. The summed E-state index contributed by atoms with van der Waals surface area (Å²) in [5, 5.41) is 30.3. The molecule has 4 aliphatic rings. The Labute approximate surface area is 184 Å². The third-order valence-corrected chi connectivity index (χ3v) is 10.5. The number of aliphatic hydroxyl groups excluding tert-OH is 1. The Morgan fingerprint density at radius 3 is 2.53 bits per heavy atom. The van der Waals surface area contributed by atoms with E-state index in [1.807, 2.05) is 13.8 Å². The largest absolute Gasteiger partial charge is 0.396 e. The first-order valence-corrected chi connectivity index (χ1v) is 12.8. The molecule has 8 unspecified atom stereocenters. The van der Waals surface area contributed by atoms with Gasteiger partial charge in [0.25, 0.3) is 0 Å². The van der Waals surface area contributed by atoms with Crippen molar-refractivity contribution >= 4 is 0 Å². The highest BCUT2D eigenvalue weighted by molar-refractivity contribution is 5.26. The van der Waals surface area contributed by atoms with Crippen molar-refractivity contribution in [1.82, 2.24) is 0 Å². The van der Waals surface area contributed by atoms with Gasteiger partial charge in [0.15, 0.2) is 0 Å². The lowest BCUT2D eigenvalue weighted by atomic mass is 9.46. The summed E-state index contributed by atoms with van der Waals surface area (Å²) in [7, 11) is 0. The normalized spacial score (nSPS) is 47.6. The Kier molecular flexibility index (Phi) is 5.99. The van der Waals surface area contributed by atoms with Crippen molar-refractivity contribution in [1.29, 1.82) is 0 Å². The highest BCUT2D eigenvalue weighted by atomic mass is 16.3. The average Bonchev–Trinajstić information content (AvgIpc) is 2.99. The molecule has 3 nitrogen and oxygen atoms in total. The molecule has 4 rings (SSSR count). The molecule has 3 heteroatoms. The van der Waals surface area contributed by atoms with Crippen molar-refractivity contribution in [3.8, 4) is 0 Å². The van der Waals surface area contributed by atoms with Crippen LogP contribution in [-0.2, 0) is 0 Å². The van der Waals surface area contributed by atoms with Gasteiger partial charge in [-0.05, 0) is 119 Å². The van der Waals surface area contributed by atoms with Gasteiger partial charge in [0.1, 0.15) is 0 Å². The molecule has 0 aliphatic heterocycles. The lowest BCUT2D eigenvalue weighted by molar-refractivity contribution is -0.0666. The van der Waals surface area contributed by atoms with Crippen LogP contribution in [0.3, 0.4) is 0 Å². The maximum absolute atomic E-state index is 10.7. The number of allylic oxidation sites excluding steroid dienone is 1. The first kappa shape index (κ1) is 22.8. The SMILES string of the molecule is CC(O)(CCO)CCCC1CCC2C3CC=C4CC(C)(O)CCC4(C)C3CCC12C. The first-order chi connectivity index (χ1) is 14.0. The minimum Gasteiger partial charge on any atom is -0.396 e. The zero-order valence-corrected chi connectivity index (χ0v) is 19.9. The minimum atomic E-state index is -0.716. The molecular weight excluding hydrogens is 372 g/mol. The average molecular weight is 419 g/mol. The third kappa shape index (κ3) is 3.92. The van der Waals surface area contributed by atoms with Crippen molar-refractivity contribution in [3.05, 3.63) is 11.6 Å². The fraction of sp³-hybridized carbons (Fsp3) is 0.926. The lowest BCUT2D eigenvalue weighted by Gasteiger charge is -2.59. The Morgan fingerprint density at radius 1 is 1.03 bits per heavy atom. The van der Waals surface area contributed by atoms with E-state index in [0.717, 1.165) is 55.8 Å². The molecule has 0 spiro atoms. The smallest absolute Gasteiger partial charge is 0.0657 e. The van der Waals surface area contributed by atoms with E-state index in [1.165, 1.54) is 38.5 Å². The molecule has 3 N–H and O–H groups in total. The molecule has 0 amide bonds. The van der Waals surface area contributed by atoms with Crippen LogP contribution in [0.5, 0.6) is 0 Å². The number of fused-ring (bicyclic) bond motifs is 5. The van der Waals surface area contributed by atoms with Gasteiger partial charge in [-0.15, -0.1) is 0 Å².